The van der Waals surface area contributed by atoms with E-state index in [0.29, 0.717) is 0 Å². The van der Waals surface area contributed by atoms with Crippen molar-refractivity contribution in [3.8, 4) is 6.07 Å². The van der Waals surface area contributed by atoms with Crippen molar-refractivity contribution in [3.05, 3.63) is 0 Å². The number of rotatable bonds is 6. The first-order valence-corrected chi connectivity index (χ1v) is 6.82. The average Bonchev–Trinajstić information content (AvgIpc) is 2.30. The molecule has 18 heavy (non-hydrogen) atoms. The maximum atomic E-state index is 10.8. The Balaban J connectivity index is 2.38. The summed E-state index contributed by atoms with van der Waals surface area (Å²) in [7, 11) is 0. The zero-order valence-electron chi connectivity index (χ0n) is 11.5. The largest absolute Gasteiger partial charge is 0.481 e. The number of carbonyl (C=O) groups is 1. The molecule has 0 aromatic rings. The number of carboxylic acids is 1. The van der Waals surface area contributed by atoms with Gasteiger partial charge in [-0.1, -0.05) is 6.42 Å². The zero-order valence-corrected chi connectivity index (χ0v) is 11.5. The van der Waals surface area contributed by atoms with Gasteiger partial charge in [0.1, 0.15) is 0 Å². The van der Waals surface area contributed by atoms with Gasteiger partial charge in [0.2, 0.25) is 0 Å². The molecular formula is C14H24N2O2. The molecule has 1 heterocycles. The van der Waals surface area contributed by atoms with E-state index in [-0.39, 0.29) is 17.9 Å². The van der Waals surface area contributed by atoms with E-state index in [9.17, 15) is 4.79 Å². The number of likely N-dealkylation sites (tertiary alicyclic amines) is 1. The van der Waals surface area contributed by atoms with Crippen molar-refractivity contribution in [3.63, 3.8) is 0 Å². The van der Waals surface area contributed by atoms with E-state index in [1.807, 2.05) is 13.8 Å². The van der Waals surface area contributed by atoms with Crippen LogP contribution in [-0.2, 0) is 4.79 Å². The van der Waals surface area contributed by atoms with Gasteiger partial charge in [-0.25, -0.2) is 0 Å². The predicted molar refractivity (Wildman–Crippen MR) is 70.1 cm³/mol. The highest BCUT2D eigenvalue weighted by Gasteiger charge is 2.25. The molecule has 0 saturated carbocycles. The summed E-state index contributed by atoms with van der Waals surface area (Å²) in [6.07, 6.45) is 5.39. The lowest BCUT2D eigenvalue weighted by atomic mass is 9.89. The van der Waals surface area contributed by atoms with Crippen molar-refractivity contribution >= 4 is 5.97 Å². The lowest BCUT2D eigenvalue weighted by molar-refractivity contribution is -0.138. The summed E-state index contributed by atoms with van der Waals surface area (Å²) in [4.78, 5) is 13.1. The molecule has 0 radical (unpaired) electrons. The van der Waals surface area contributed by atoms with Crippen molar-refractivity contribution in [2.24, 2.45) is 5.41 Å². The molecule has 0 bridgehead atoms. The molecule has 4 heteroatoms. The van der Waals surface area contributed by atoms with Crippen LogP contribution in [-0.4, -0.2) is 35.1 Å². The Labute approximate surface area is 110 Å². The SMILES string of the molecule is CC(C)(C#N)CCCN1CCCCC1CC(=O)O. The Morgan fingerprint density at radius 2 is 2.22 bits per heavy atom. The number of carboxylic acid groups (broad SMARTS) is 1. The Morgan fingerprint density at radius 1 is 1.50 bits per heavy atom. The van der Waals surface area contributed by atoms with E-state index < -0.39 is 5.97 Å². The highest BCUT2D eigenvalue weighted by Crippen LogP contribution is 2.24. The summed E-state index contributed by atoms with van der Waals surface area (Å²) >= 11 is 0. The summed E-state index contributed by atoms with van der Waals surface area (Å²) < 4.78 is 0. The third kappa shape index (κ3) is 5.05. The summed E-state index contributed by atoms with van der Waals surface area (Å²) in [5.41, 5.74) is -0.266. The minimum Gasteiger partial charge on any atom is -0.481 e. The highest BCUT2D eigenvalue weighted by molar-refractivity contribution is 5.67. The minimum atomic E-state index is -0.704. The van der Waals surface area contributed by atoms with Crippen LogP contribution in [0.2, 0.25) is 0 Å². The fraction of sp³-hybridized carbons (Fsp3) is 0.857. The van der Waals surface area contributed by atoms with Gasteiger partial charge >= 0.3 is 5.97 Å². The van der Waals surface area contributed by atoms with E-state index >= 15 is 0 Å². The maximum Gasteiger partial charge on any atom is 0.304 e. The van der Waals surface area contributed by atoms with Crippen molar-refractivity contribution in [2.45, 2.75) is 58.4 Å². The van der Waals surface area contributed by atoms with Gasteiger partial charge in [-0.05, 0) is 52.6 Å². The van der Waals surface area contributed by atoms with Crippen LogP contribution in [0.3, 0.4) is 0 Å². The topological polar surface area (TPSA) is 64.3 Å². The molecule has 1 atom stereocenters. The molecule has 0 aromatic heterocycles. The Kier molecular flexibility index (Phi) is 5.61. The Bertz CT molecular complexity index is 320. The summed E-state index contributed by atoms with van der Waals surface area (Å²) in [5, 5.41) is 17.9. The van der Waals surface area contributed by atoms with Crippen molar-refractivity contribution in [1.29, 1.82) is 5.26 Å². The van der Waals surface area contributed by atoms with Gasteiger partial charge in [-0.2, -0.15) is 5.26 Å². The molecule has 102 valence electrons. The molecule has 0 aliphatic carbocycles. The van der Waals surface area contributed by atoms with Crippen LogP contribution in [0.1, 0.15) is 52.4 Å². The first kappa shape index (κ1) is 15.0. The van der Waals surface area contributed by atoms with Gasteiger partial charge < -0.3 is 5.11 Å². The van der Waals surface area contributed by atoms with Crippen LogP contribution in [0.5, 0.6) is 0 Å². The fourth-order valence-corrected chi connectivity index (χ4v) is 2.57. The van der Waals surface area contributed by atoms with Crippen LogP contribution in [0.4, 0.5) is 0 Å². The first-order valence-electron chi connectivity index (χ1n) is 6.82. The molecule has 1 aliphatic heterocycles. The summed E-state index contributed by atoms with van der Waals surface area (Å²) in [6.45, 7) is 5.84. The first-order chi connectivity index (χ1) is 8.44. The third-order valence-corrected chi connectivity index (χ3v) is 3.71. The second kappa shape index (κ2) is 6.75. The lowest BCUT2D eigenvalue weighted by Crippen LogP contribution is -2.41. The Morgan fingerprint density at radius 3 is 2.83 bits per heavy atom. The molecule has 0 spiro atoms. The predicted octanol–water partition coefficient (Wildman–Crippen LogP) is 2.65. The van der Waals surface area contributed by atoms with Gasteiger partial charge in [0, 0.05) is 6.04 Å². The molecule has 1 unspecified atom stereocenters. The van der Waals surface area contributed by atoms with Crippen LogP contribution >= 0.6 is 0 Å². The standard InChI is InChI=1S/C14H24N2O2/c1-14(2,11-15)7-5-9-16-8-4-3-6-12(16)10-13(17)18/h12H,3-10H2,1-2H3,(H,17,18). The highest BCUT2D eigenvalue weighted by atomic mass is 16.4. The van der Waals surface area contributed by atoms with Gasteiger partial charge in [0.15, 0.2) is 0 Å². The average molecular weight is 252 g/mol. The number of piperidine rings is 1. The van der Waals surface area contributed by atoms with Crippen molar-refractivity contribution in [2.75, 3.05) is 13.1 Å². The van der Waals surface area contributed by atoms with Crippen LogP contribution in [0.15, 0.2) is 0 Å². The maximum absolute atomic E-state index is 10.8. The van der Waals surface area contributed by atoms with Gasteiger partial charge in [-0.3, -0.25) is 9.69 Å². The number of aliphatic carboxylic acids is 1. The molecule has 0 aromatic carbocycles. The van der Waals surface area contributed by atoms with E-state index in [2.05, 4.69) is 11.0 Å². The van der Waals surface area contributed by atoms with Gasteiger partial charge in [-0.15, -0.1) is 0 Å². The molecule has 1 aliphatic rings. The molecule has 1 rings (SSSR count). The monoisotopic (exact) mass is 252 g/mol. The van der Waals surface area contributed by atoms with E-state index in [1.165, 1.54) is 0 Å². The molecule has 1 N–H and O–H groups in total. The molecular weight excluding hydrogens is 228 g/mol. The van der Waals surface area contributed by atoms with E-state index in [1.54, 1.807) is 0 Å². The zero-order chi connectivity index (χ0) is 13.6. The summed E-state index contributed by atoms with van der Waals surface area (Å²) in [5.74, 6) is -0.704. The van der Waals surface area contributed by atoms with E-state index in [4.69, 9.17) is 10.4 Å². The smallest absolute Gasteiger partial charge is 0.304 e. The van der Waals surface area contributed by atoms with E-state index in [0.717, 1.165) is 45.2 Å². The second-order valence-electron chi connectivity index (χ2n) is 5.88. The molecule has 1 saturated heterocycles. The minimum absolute atomic E-state index is 0.196. The van der Waals surface area contributed by atoms with Crippen LogP contribution < -0.4 is 0 Å². The number of hydrogen-bond acceptors (Lipinski definition) is 3. The second-order valence-corrected chi connectivity index (χ2v) is 5.88. The Hall–Kier alpha value is -1.08. The lowest BCUT2D eigenvalue weighted by Gasteiger charge is -2.35. The molecule has 4 nitrogen and oxygen atoms in total. The number of nitrogens with zero attached hydrogens (tertiary/aromatic N) is 2. The van der Waals surface area contributed by atoms with Gasteiger partial charge in [0.25, 0.3) is 0 Å². The van der Waals surface area contributed by atoms with Crippen molar-refractivity contribution in [1.82, 2.24) is 4.90 Å². The van der Waals surface area contributed by atoms with Gasteiger partial charge in [0.05, 0.1) is 17.9 Å². The summed E-state index contributed by atoms with van der Waals surface area (Å²) in [6, 6.07) is 2.51. The van der Waals surface area contributed by atoms with Crippen molar-refractivity contribution < 1.29 is 9.90 Å². The number of hydrogen-bond donors (Lipinski definition) is 1. The normalized spacial score (nSPS) is 21.5. The third-order valence-electron chi connectivity index (χ3n) is 3.71. The molecule has 1 fully saturated rings. The molecule has 0 amide bonds. The van der Waals surface area contributed by atoms with Crippen LogP contribution in [0.25, 0.3) is 0 Å². The van der Waals surface area contributed by atoms with Crippen LogP contribution in [0, 0.1) is 16.7 Å². The number of nitriles is 1. The fourth-order valence-electron chi connectivity index (χ4n) is 2.57. The quantitative estimate of drug-likeness (QED) is 0.789.